The van der Waals surface area contributed by atoms with Gasteiger partial charge >= 0.3 is 0 Å². The van der Waals surface area contributed by atoms with Gasteiger partial charge in [-0.15, -0.1) is 0 Å². The van der Waals surface area contributed by atoms with Gasteiger partial charge in [0, 0.05) is 0 Å². The van der Waals surface area contributed by atoms with Gasteiger partial charge in [0.1, 0.15) is 6.67 Å². The minimum atomic E-state index is -0.484. The Labute approximate surface area is 46.8 Å². The van der Waals surface area contributed by atoms with Crippen LogP contribution in [-0.4, -0.2) is 9.97 Å². The fraction of sp³-hybridized carbons (Fsp3) is 0.400. The number of aromatic nitrogens is 2. The standard InChI is InChI=1S/C5H6FN2/c1-4-5(2-6)8-3-7-4/h2H2,1H3,(H,7,8). The normalized spacial score (nSPS) is 9.75. The lowest BCUT2D eigenvalue weighted by molar-refractivity contribution is 0.475. The third kappa shape index (κ3) is 0.710. The Kier molecular flexibility index (Phi) is 1.28. The summed E-state index contributed by atoms with van der Waals surface area (Å²) in [7, 11) is 0. The van der Waals surface area contributed by atoms with Crippen molar-refractivity contribution in [3.8, 4) is 0 Å². The summed E-state index contributed by atoms with van der Waals surface area (Å²) in [5.74, 6) is 0. The van der Waals surface area contributed by atoms with Gasteiger partial charge < -0.3 is 4.98 Å². The molecule has 1 heterocycles. The minimum Gasteiger partial charge on any atom is -0.337 e. The predicted molar refractivity (Wildman–Crippen MR) is 27.0 cm³/mol. The van der Waals surface area contributed by atoms with E-state index in [0.29, 0.717) is 11.4 Å². The molecule has 0 amide bonds. The Balaban J connectivity index is 2.92. The summed E-state index contributed by atoms with van der Waals surface area (Å²) >= 11 is 0. The zero-order valence-corrected chi connectivity index (χ0v) is 4.53. The SMILES string of the molecule is Cc1n[c][nH]c1CF. The van der Waals surface area contributed by atoms with Crippen LogP contribution in [0.25, 0.3) is 0 Å². The Morgan fingerprint density at radius 3 is 2.88 bits per heavy atom. The number of nitrogens with zero attached hydrogens (tertiary/aromatic N) is 1. The molecule has 1 aromatic heterocycles. The summed E-state index contributed by atoms with van der Waals surface area (Å²) in [5.41, 5.74) is 1.21. The van der Waals surface area contributed by atoms with Crippen molar-refractivity contribution in [3.05, 3.63) is 17.7 Å². The lowest BCUT2D eigenvalue weighted by atomic mass is 10.4. The smallest absolute Gasteiger partial charge is 0.174 e. The maximum Gasteiger partial charge on any atom is 0.174 e. The van der Waals surface area contributed by atoms with Crippen LogP contribution in [0.5, 0.6) is 0 Å². The Morgan fingerprint density at radius 2 is 2.62 bits per heavy atom. The molecule has 1 N–H and O–H groups in total. The van der Waals surface area contributed by atoms with Gasteiger partial charge in [-0.1, -0.05) is 0 Å². The number of alkyl halides is 1. The van der Waals surface area contributed by atoms with E-state index in [0.717, 1.165) is 0 Å². The molecule has 0 unspecified atom stereocenters. The lowest BCUT2D eigenvalue weighted by Crippen LogP contribution is -1.80. The van der Waals surface area contributed by atoms with Gasteiger partial charge in [-0.25, -0.2) is 9.37 Å². The van der Waals surface area contributed by atoms with Gasteiger partial charge in [0.2, 0.25) is 0 Å². The first-order valence-electron chi connectivity index (χ1n) is 2.32. The molecular weight excluding hydrogens is 107 g/mol. The predicted octanol–water partition coefficient (Wildman–Crippen LogP) is 0.988. The van der Waals surface area contributed by atoms with Crippen LogP contribution in [0.2, 0.25) is 0 Å². The van der Waals surface area contributed by atoms with Gasteiger partial charge in [-0.2, -0.15) is 0 Å². The molecule has 0 aliphatic rings. The molecule has 8 heavy (non-hydrogen) atoms. The second-order valence-corrected chi connectivity index (χ2v) is 1.55. The summed E-state index contributed by atoms with van der Waals surface area (Å²) in [5, 5.41) is 0. The van der Waals surface area contributed by atoms with Crippen molar-refractivity contribution < 1.29 is 4.39 Å². The molecule has 1 rings (SSSR count). The number of nitrogens with one attached hydrogen (secondary N) is 1. The van der Waals surface area contributed by atoms with Crippen LogP contribution in [0.3, 0.4) is 0 Å². The topological polar surface area (TPSA) is 28.7 Å². The first kappa shape index (κ1) is 5.28. The number of rotatable bonds is 1. The molecule has 0 aliphatic heterocycles. The molecule has 1 aromatic rings. The Hall–Kier alpha value is -0.860. The van der Waals surface area contributed by atoms with Crippen molar-refractivity contribution in [1.82, 2.24) is 9.97 Å². The van der Waals surface area contributed by atoms with Crippen LogP contribution in [0.15, 0.2) is 0 Å². The minimum absolute atomic E-state index is 0.484. The number of H-pyrrole nitrogens is 1. The fourth-order valence-corrected chi connectivity index (χ4v) is 0.467. The van der Waals surface area contributed by atoms with Gasteiger partial charge in [0.15, 0.2) is 6.33 Å². The quantitative estimate of drug-likeness (QED) is 0.578. The highest BCUT2D eigenvalue weighted by Crippen LogP contribution is 1.99. The van der Waals surface area contributed by atoms with E-state index in [9.17, 15) is 4.39 Å². The van der Waals surface area contributed by atoms with Gasteiger partial charge in [-0.05, 0) is 6.92 Å². The molecule has 0 atom stereocenters. The van der Waals surface area contributed by atoms with Crippen molar-refractivity contribution in [2.24, 2.45) is 0 Å². The monoisotopic (exact) mass is 113 g/mol. The fourth-order valence-electron chi connectivity index (χ4n) is 0.467. The second kappa shape index (κ2) is 1.94. The number of aromatic amines is 1. The molecule has 0 spiro atoms. The van der Waals surface area contributed by atoms with E-state index in [4.69, 9.17) is 0 Å². The van der Waals surface area contributed by atoms with E-state index in [2.05, 4.69) is 16.3 Å². The third-order valence-electron chi connectivity index (χ3n) is 1.00. The number of hydrogen-bond acceptors (Lipinski definition) is 1. The van der Waals surface area contributed by atoms with E-state index in [1.54, 1.807) is 6.92 Å². The lowest BCUT2D eigenvalue weighted by Gasteiger charge is -1.84. The summed E-state index contributed by atoms with van der Waals surface area (Å²) in [6.45, 7) is 1.25. The zero-order valence-electron chi connectivity index (χ0n) is 4.53. The molecule has 0 fully saturated rings. The van der Waals surface area contributed by atoms with E-state index in [1.807, 2.05) is 0 Å². The molecule has 2 nitrogen and oxygen atoms in total. The Bertz CT molecular complexity index is 171. The first-order valence-corrected chi connectivity index (χ1v) is 2.32. The van der Waals surface area contributed by atoms with Crippen LogP contribution in [-0.2, 0) is 6.67 Å². The molecule has 1 radical (unpaired) electrons. The van der Waals surface area contributed by atoms with Gasteiger partial charge in [0.25, 0.3) is 0 Å². The molecule has 0 bridgehead atoms. The van der Waals surface area contributed by atoms with Crippen molar-refractivity contribution in [1.29, 1.82) is 0 Å². The summed E-state index contributed by atoms with van der Waals surface area (Å²) in [6, 6.07) is 0. The number of halogens is 1. The number of aryl methyl sites for hydroxylation is 1. The Morgan fingerprint density at radius 1 is 1.88 bits per heavy atom. The van der Waals surface area contributed by atoms with Crippen molar-refractivity contribution >= 4 is 0 Å². The summed E-state index contributed by atoms with van der Waals surface area (Å²) in [4.78, 5) is 6.21. The van der Waals surface area contributed by atoms with Gasteiger partial charge in [0.05, 0.1) is 11.4 Å². The van der Waals surface area contributed by atoms with E-state index in [1.165, 1.54) is 0 Å². The van der Waals surface area contributed by atoms with Crippen LogP contribution in [0.1, 0.15) is 11.4 Å². The van der Waals surface area contributed by atoms with Crippen LogP contribution in [0.4, 0.5) is 4.39 Å². The van der Waals surface area contributed by atoms with Crippen molar-refractivity contribution in [2.45, 2.75) is 13.6 Å². The first-order chi connectivity index (χ1) is 3.84. The maximum absolute atomic E-state index is 11.7. The highest BCUT2D eigenvalue weighted by molar-refractivity contribution is 5.05. The molecule has 3 heteroatoms. The largest absolute Gasteiger partial charge is 0.337 e. The molecule has 0 saturated heterocycles. The van der Waals surface area contributed by atoms with E-state index in [-0.39, 0.29) is 0 Å². The maximum atomic E-state index is 11.7. The van der Waals surface area contributed by atoms with E-state index < -0.39 is 6.67 Å². The number of imidazole rings is 1. The third-order valence-corrected chi connectivity index (χ3v) is 1.00. The summed E-state index contributed by atoms with van der Waals surface area (Å²) in [6.07, 6.45) is 2.43. The zero-order chi connectivity index (χ0) is 5.98. The molecular formula is C5H6FN2. The summed E-state index contributed by atoms with van der Waals surface area (Å²) < 4.78 is 11.7. The molecule has 0 aliphatic carbocycles. The highest BCUT2D eigenvalue weighted by Gasteiger charge is 1.96. The van der Waals surface area contributed by atoms with E-state index >= 15 is 0 Å². The van der Waals surface area contributed by atoms with Crippen molar-refractivity contribution in [3.63, 3.8) is 0 Å². The molecule has 0 saturated carbocycles. The number of hydrogen-bond donors (Lipinski definition) is 1. The van der Waals surface area contributed by atoms with Gasteiger partial charge in [-0.3, -0.25) is 0 Å². The van der Waals surface area contributed by atoms with Crippen LogP contribution in [0, 0.1) is 13.3 Å². The average molecular weight is 113 g/mol. The average Bonchev–Trinajstić information content (AvgIpc) is 2.14. The van der Waals surface area contributed by atoms with Crippen LogP contribution >= 0.6 is 0 Å². The second-order valence-electron chi connectivity index (χ2n) is 1.55. The van der Waals surface area contributed by atoms with Crippen molar-refractivity contribution in [2.75, 3.05) is 0 Å². The van der Waals surface area contributed by atoms with Crippen LogP contribution < -0.4 is 0 Å². The molecule has 0 aromatic carbocycles. The molecule has 43 valence electrons. The highest BCUT2D eigenvalue weighted by atomic mass is 19.1.